The van der Waals surface area contributed by atoms with Crippen LogP contribution in [-0.2, 0) is 0 Å². The number of nitriles is 1. The summed E-state index contributed by atoms with van der Waals surface area (Å²) in [5.74, 6) is 0. The third-order valence-electron chi connectivity index (χ3n) is 3.11. The lowest BCUT2D eigenvalue weighted by atomic mass is 10.1. The Morgan fingerprint density at radius 1 is 1.25 bits per heavy atom. The minimum absolute atomic E-state index is 0.354. The molecule has 0 fully saturated rings. The maximum Gasteiger partial charge on any atom is 0.191 e. The van der Waals surface area contributed by atoms with E-state index in [9.17, 15) is 5.26 Å². The van der Waals surface area contributed by atoms with E-state index in [0.717, 1.165) is 21.8 Å². The first-order chi connectivity index (χ1) is 9.70. The topological polar surface area (TPSA) is 54.5 Å². The van der Waals surface area contributed by atoms with Gasteiger partial charge in [0.05, 0.1) is 10.6 Å². The first-order valence-corrected chi connectivity index (χ1v) is 7.06. The predicted molar refractivity (Wildman–Crippen MR) is 78.9 cm³/mol. The van der Waals surface area contributed by atoms with Crippen LogP contribution < -0.4 is 0 Å². The van der Waals surface area contributed by atoms with Crippen LogP contribution in [0.5, 0.6) is 0 Å². The largest absolute Gasteiger partial charge is 0.210 e. The average Bonchev–Trinajstić information content (AvgIpc) is 3.06. The highest BCUT2D eigenvalue weighted by Gasteiger charge is 2.17. The maximum atomic E-state index is 9.23. The molecule has 4 nitrogen and oxygen atoms in total. The highest BCUT2D eigenvalue weighted by atomic mass is 32.1. The molecule has 1 aromatic carbocycles. The number of thiophene rings is 1. The van der Waals surface area contributed by atoms with Gasteiger partial charge in [0, 0.05) is 0 Å². The Labute approximate surface area is 120 Å². The molecule has 3 aromatic rings. The molecule has 0 aliphatic carbocycles. The van der Waals surface area contributed by atoms with Crippen molar-refractivity contribution in [1.29, 1.82) is 5.26 Å². The van der Waals surface area contributed by atoms with E-state index >= 15 is 0 Å². The predicted octanol–water partition coefficient (Wildman–Crippen LogP) is 3.48. The van der Waals surface area contributed by atoms with Gasteiger partial charge < -0.3 is 0 Å². The summed E-state index contributed by atoms with van der Waals surface area (Å²) >= 11 is 1.58. The third-order valence-corrected chi connectivity index (χ3v) is 3.99. The normalized spacial score (nSPS) is 10.4. The zero-order valence-corrected chi connectivity index (χ0v) is 12.0. The van der Waals surface area contributed by atoms with E-state index in [4.69, 9.17) is 0 Å². The van der Waals surface area contributed by atoms with Gasteiger partial charge in [-0.1, -0.05) is 29.0 Å². The van der Waals surface area contributed by atoms with Crippen molar-refractivity contribution in [2.75, 3.05) is 0 Å². The maximum absolute atomic E-state index is 9.23. The Morgan fingerprint density at radius 3 is 2.75 bits per heavy atom. The fraction of sp³-hybridized carbons (Fsp3) is 0.133. The lowest BCUT2D eigenvalue weighted by Gasteiger charge is -2.09. The second-order valence-electron chi connectivity index (χ2n) is 4.58. The first kappa shape index (κ1) is 12.6. The van der Waals surface area contributed by atoms with Crippen LogP contribution in [-0.4, -0.2) is 15.0 Å². The van der Waals surface area contributed by atoms with Gasteiger partial charge in [-0.25, -0.2) is 4.68 Å². The Kier molecular flexibility index (Phi) is 3.09. The Balaban J connectivity index is 2.25. The molecule has 0 bridgehead atoms. The molecule has 98 valence electrons. The summed E-state index contributed by atoms with van der Waals surface area (Å²) < 4.78 is 1.75. The van der Waals surface area contributed by atoms with Crippen molar-refractivity contribution < 1.29 is 0 Å². The molecule has 0 amide bonds. The second-order valence-corrected chi connectivity index (χ2v) is 5.53. The molecule has 0 N–H and O–H groups in total. The van der Waals surface area contributed by atoms with Crippen molar-refractivity contribution in [2.45, 2.75) is 13.8 Å². The van der Waals surface area contributed by atoms with Crippen LogP contribution in [0.15, 0.2) is 35.7 Å². The molecule has 0 saturated carbocycles. The summed E-state index contributed by atoms with van der Waals surface area (Å²) in [4.78, 5) is 0.992. The van der Waals surface area contributed by atoms with E-state index in [1.165, 1.54) is 5.56 Å². The van der Waals surface area contributed by atoms with Crippen LogP contribution in [0, 0.1) is 25.2 Å². The fourth-order valence-corrected chi connectivity index (χ4v) is 2.96. The van der Waals surface area contributed by atoms with Gasteiger partial charge in [-0.2, -0.15) is 5.26 Å². The van der Waals surface area contributed by atoms with Crippen molar-refractivity contribution in [3.8, 4) is 22.3 Å². The highest BCUT2D eigenvalue weighted by molar-refractivity contribution is 7.13. The summed E-state index contributed by atoms with van der Waals surface area (Å²) in [6.45, 7) is 4.09. The molecule has 0 atom stereocenters. The molecule has 5 heteroatoms. The van der Waals surface area contributed by atoms with E-state index in [-0.39, 0.29) is 0 Å². The fourth-order valence-electron chi connectivity index (χ4n) is 2.20. The number of hydrogen-bond donors (Lipinski definition) is 0. The summed E-state index contributed by atoms with van der Waals surface area (Å²) in [5.41, 5.74) is 4.37. The summed E-state index contributed by atoms with van der Waals surface area (Å²) in [7, 11) is 0. The van der Waals surface area contributed by atoms with Crippen LogP contribution in [0.4, 0.5) is 0 Å². The molecule has 0 aliphatic heterocycles. The minimum Gasteiger partial charge on any atom is -0.210 e. The van der Waals surface area contributed by atoms with Crippen LogP contribution in [0.1, 0.15) is 16.8 Å². The van der Waals surface area contributed by atoms with E-state index in [2.05, 4.69) is 29.4 Å². The Bertz CT molecular complexity index is 794. The molecule has 0 radical (unpaired) electrons. The quantitative estimate of drug-likeness (QED) is 0.722. The number of rotatable bonds is 2. The van der Waals surface area contributed by atoms with E-state index in [0.29, 0.717) is 5.69 Å². The first-order valence-electron chi connectivity index (χ1n) is 6.18. The molecule has 2 aromatic heterocycles. The summed E-state index contributed by atoms with van der Waals surface area (Å²) in [6.07, 6.45) is 0. The average molecular weight is 280 g/mol. The van der Waals surface area contributed by atoms with Gasteiger partial charge in [-0.3, -0.25) is 0 Å². The molecular weight excluding hydrogens is 268 g/mol. The van der Waals surface area contributed by atoms with E-state index in [1.807, 2.05) is 36.6 Å². The summed E-state index contributed by atoms with van der Waals surface area (Å²) in [6, 6.07) is 12.2. The van der Waals surface area contributed by atoms with Gasteiger partial charge >= 0.3 is 0 Å². The van der Waals surface area contributed by atoms with Crippen molar-refractivity contribution in [1.82, 2.24) is 15.0 Å². The summed E-state index contributed by atoms with van der Waals surface area (Å²) in [5, 5.41) is 19.4. The van der Waals surface area contributed by atoms with Gasteiger partial charge in [0.15, 0.2) is 5.69 Å². The van der Waals surface area contributed by atoms with Gasteiger partial charge in [0.2, 0.25) is 0 Å². The lowest BCUT2D eigenvalue weighted by Crippen LogP contribution is -2.01. The van der Waals surface area contributed by atoms with Gasteiger partial charge in [-0.05, 0) is 36.9 Å². The van der Waals surface area contributed by atoms with Gasteiger partial charge in [0.1, 0.15) is 11.8 Å². The molecule has 0 unspecified atom stereocenters. The Hall–Kier alpha value is -2.45. The van der Waals surface area contributed by atoms with Gasteiger partial charge in [0.25, 0.3) is 0 Å². The standard InChI is InChI=1S/C15H12N4S/c1-10-5-6-13(11(2)8-10)19-15(12(9-16)17-18-19)14-4-3-7-20-14/h3-8H,1-2H3. The molecule has 3 rings (SSSR count). The molecular formula is C15H12N4S. The van der Waals surface area contributed by atoms with Crippen molar-refractivity contribution in [2.24, 2.45) is 0 Å². The van der Waals surface area contributed by atoms with Crippen LogP contribution in [0.25, 0.3) is 16.3 Å². The lowest BCUT2D eigenvalue weighted by molar-refractivity contribution is 0.802. The number of nitrogens with zero attached hydrogens (tertiary/aromatic N) is 4. The molecule has 0 aliphatic rings. The van der Waals surface area contributed by atoms with E-state index < -0.39 is 0 Å². The molecule has 0 saturated heterocycles. The van der Waals surface area contributed by atoms with Crippen LogP contribution in [0.3, 0.4) is 0 Å². The zero-order chi connectivity index (χ0) is 14.1. The number of benzene rings is 1. The van der Waals surface area contributed by atoms with Crippen molar-refractivity contribution >= 4 is 11.3 Å². The SMILES string of the molecule is Cc1ccc(-n2nnc(C#N)c2-c2cccs2)c(C)c1. The van der Waals surface area contributed by atoms with Crippen molar-refractivity contribution in [3.05, 3.63) is 52.5 Å². The minimum atomic E-state index is 0.354. The number of aryl methyl sites for hydroxylation is 2. The smallest absolute Gasteiger partial charge is 0.191 e. The van der Waals surface area contributed by atoms with Gasteiger partial charge in [-0.15, -0.1) is 16.4 Å². The van der Waals surface area contributed by atoms with Crippen LogP contribution >= 0.6 is 11.3 Å². The second kappa shape index (κ2) is 4.91. The molecule has 20 heavy (non-hydrogen) atoms. The molecule has 0 spiro atoms. The van der Waals surface area contributed by atoms with Crippen molar-refractivity contribution in [3.63, 3.8) is 0 Å². The Morgan fingerprint density at radius 2 is 2.10 bits per heavy atom. The number of aromatic nitrogens is 3. The van der Waals surface area contributed by atoms with Crippen LogP contribution in [0.2, 0.25) is 0 Å². The van der Waals surface area contributed by atoms with E-state index in [1.54, 1.807) is 16.0 Å². The molecule has 2 heterocycles. The third kappa shape index (κ3) is 2.00. The number of hydrogen-bond acceptors (Lipinski definition) is 4. The highest BCUT2D eigenvalue weighted by Crippen LogP contribution is 2.29. The monoisotopic (exact) mass is 280 g/mol. The zero-order valence-electron chi connectivity index (χ0n) is 11.2.